The molecular weight excluding hydrogens is 743 g/mol. The van der Waals surface area contributed by atoms with Crippen LogP contribution in [-0.2, 0) is 33.8 Å². The average Bonchev–Trinajstić information content (AvgIpc) is 3.57. The third kappa shape index (κ3) is 7.57. The minimum absolute atomic E-state index is 0.0221. The Kier molecular flexibility index (Phi) is 10.3. The Morgan fingerprint density at radius 2 is 1.85 bits per heavy atom. The second kappa shape index (κ2) is 14.4. The van der Waals surface area contributed by atoms with Gasteiger partial charge >= 0.3 is 6.18 Å². The third-order valence-electron chi connectivity index (χ3n) is 9.38. The molecule has 0 bridgehead atoms. The zero-order valence-corrected chi connectivity index (χ0v) is 30.4. The van der Waals surface area contributed by atoms with Crippen molar-refractivity contribution in [3.8, 4) is 5.75 Å². The zero-order valence-electron chi connectivity index (χ0n) is 28.8. The van der Waals surface area contributed by atoms with Crippen LogP contribution < -0.4 is 15.8 Å². The molecule has 2 aliphatic rings. The summed E-state index contributed by atoms with van der Waals surface area (Å²) in [7, 11) is -3.28. The van der Waals surface area contributed by atoms with Crippen LogP contribution >= 0.6 is 11.6 Å². The zero-order chi connectivity index (χ0) is 38.4. The number of anilines is 2. The minimum atomic E-state index is -4.64. The third-order valence-corrected chi connectivity index (χ3v) is 11.3. The second-order valence-electron chi connectivity index (χ2n) is 12.8. The summed E-state index contributed by atoms with van der Waals surface area (Å²) in [5, 5.41) is 16.6. The maximum Gasteiger partial charge on any atom is 0.416 e. The maximum atomic E-state index is 14.3. The number of rotatable bonds is 8. The number of aryl methyl sites for hydroxylation is 1. The van der Waals surface area contributed by atoms with Gasteiger partial charge in [0.05, 0.1) is 32.9 Å². The molecule has 1 unspecified atom stereocenters. The van der Waals surface area contributed by atoms with Crippen LogP contribution in [0.4, 0.5) is 24.5 Å². The molecule has 2 amide bonds. The van der Waals surface area contributed by atoms with Gasteiger partial charge in [0.25, 0.3) is 11.5 Å². The van der Waals surface area contributed by atoms with Gasteiger partial charge < -0.3 is 24.8 Å². The van der Waals surface area contributed by atoms with Crippen molar-refractivity contribution >= 4 is 56.0 Å². The molecule has 1 aromatic carbocycles. The van der Waals surface area contributed by atoms with Crippen molar-refractivity contribution in [1.29, 1.82) is 0 Å². The molecule has 53 heavy (non-hydrogen) atoms. The Bertz CT molecular complexity index is 2320. The van der Waals surface area contributed by atoms with E-state index in [2.05, 4.69) is 25.4 Å². The summed E-state index contributed by atoms with van der Waals surface area (Å²) >= 11 is 6.11. The molecule has 3 aromatic heterocycles. The van der Waals surface area contributed by atoms with Crippen molar-refractivity contribution in [2.24, 2.45) is 0 Å². The number of aromatic hydroxyl groups is 1. The summed E-state index contributed by atoms with van der Waals surface area (Å²) in [5.74, 6) is -1.29. The highest BCUT2D eigenvalue weighted by Crippen LogP contribution is 2.34. The molecule has 6 rings (SSSR count). The normalized spacial score (nSPS) is 16.9. The van der Waals surface area contributed by atoms with E-state index in [0.717, 1.165) is 16.6 Å². The fourth-order valence-corrected chi connectivity index (χ4v) is 7.72. The topological polar surface area (TPSA) is 185 Å². The Balaban J connectivity index is 1.36. The Morgan fingerprint density at radius 3 is 2.45 bits per heavy atom. The molecule has 15 nitrogen and oxygen atoms in total. The lowest BCUT2D eigenvalue weighted by Crippen LogP contribution is -2.51. The van der Waals surface area contributed by atoms with Gasteiger partial charge in [-0.05, 0) is 56.4 Å². The number of aromatic nitrogens is 6. The summed E-state index contributed by atoms with van der Waals surface area (Å²) in [6, 6.07) is 2.55. The molecule has 1 atom stereocenters. The highest BCUT2D eigenvalue weighted by Gasteiger charge is 2.33. The quantitative estimate of drug-likeness (QED) is 0.267. The van der Waals surface area contributed by atoms with Crippen molar-refractivity contribution < 1.29 is 36.3 Å². The Labute approximate surface area is 306 Å². The number of alkyl halides is 3. The van der Waals surface area contributed by atoms with Gasteiger partial charge in [-0.1, -0.05) is 24.6 Å². The number of halogens is 4. The number of allylic oxidation sites excluding steroid dienone is 2. The van der Waals surface area contributed by atoms with E-state index in [9.17, 15) is 41.1 Å². The van der Waals surface area contributed by atoms with Crippen LogP contribution in [0.5, 0.6) is 5.75 Å². The Hall–Kier alpha value is -5.04. The lowest BCUT2D eigenvalue weighted by molar-refractivity contribution is -0.137. The van der Waals surface area contributed by atoms with E-state index in [4.69, 9.17) is 11.6 Å². The van der Waals surface area contributed by atoms with E-state index in [-0.39, 0.29) is 84.2 Å². The summed E-state index contributed by atoms with van der Waals surface area (Å²) in [6.07, 6.45) is 0.606. The monoisotopic (exact) mass is 777 g/mol. The second-order valence-corrected chi connectivity index (χ2v) is 15.6. The summed E-state index contributed by atoms with van der Waals surface area (Å²) in [5.41, 5.74) is -0.212. The van der Waals surface area contributed by atoms with E-state index in [1.54, 1.807) is 24.8 Å². The van der Waals surface area contributed by atoms with Crippen molar-refractivity contribution in [2.75, 3.05) is 42.7 Å². The lowest BCUT2D eigenvalue weighted by atomic mass is 9.99. The van der Waals surface area contributed by atoms with Crippen LogP contribution in [0.25, 0.3) is 11.4 Å². The van der Waals surface area contributed by atoms with Crippen molar-refractivity contribution in [2.45, 2.75) is 57.5 Å². The highest BCUT2D eigenvalue weighted by atomic mass is 35.5. The maximum absolute atomic E-state index is 14.3. The Morgan fingerprint density at radius 1 is 1.13 bits per heavy atom. The number of carbonyl (C=O) groups excluding carboxylic acids is 2. The number of hydrogen-bond donors (Lipinski definition) is 2. The van der Waals surface area contributed by atoms with E-state index in [0.29, 0.717) is 30.2 Å². The molecular formula is C33H35ClF3N9O6S. The first-order chi connectivity index (χ1) is 25.0. The van der Waals surface area contributed by atoms with E-state index in [1.807, 2.05) is 0 Å². The highest BCUT2D eigenvalue weighted by molar-refractivity contribution is 7.91. The molecule has 1 aliphatic heterocycles. The van der Waals surface area contributed by atoms with Crippen molar-refractivity contribution in [1.82, 2.24) is 34.0 Å². The van der Waals surface area contributed by atoms with Gasteiger partial charge in [0.2, 0.25) is 11.7 Å². The summed E-state index contributed by atoms with van der Waals surface area (Å²) < 4.78 is 66.5. The van der Waals surface area contributed by atoms with E-state index >= 15 is 0 Å². The van der Waals surface area contributed by atoms with Crippen LogP contribution in [0, 0.1) is 6.92 Å². The summed E-state index contributed by atoms with van der Waals surface area (Å²) in [6.45, 7) is 3.59. The fourth-order valence-electron chi connectivity index (χ4n) is 6.50. The van der Waals surface area contributed by atoms with E-state index in [1.165, 1.54) is 22.1 Å². The molecule has 0 radical (unpaired) electrons. The van der Waals surface area contributed by atoms with Gasteiger partial charge in [-0.15, -0.1) is 5.10 Å². The van der Waals surface area contributed by atoms with Crippen LogP contribution in [0.1, 0.15) is 59.5 Å². The van der Waals surface area contributed by atoms with Gasteiger partial charge in [-0.2, -0.15) is 22.7 Å². The first-order valence-corrected chi connectivity index (χ1v) is 18.9. The fraction of sp³-hybridized carbons (Fsp3) is 0.424. The van der Waals surface area contributed by atoms with Crippen molar-refractivity contribution in [3.63, 3.8) is 0 Å². The number of carbonyl (C=O) groups is 2. The molecule has 0 spiro atoms. The van der Waals surface area contributed by atoms with Gasteiger partial charge in [-0.25, -0.2) is 18.4 Å². The van der Waals surface area contributed by atoms with Gasteiger partial charge in [0, 0.05) is 32.4 Å². The first kappa shape index (κ1) is 37.7. The smallest absolute Gasteiger partial charge is 0.416 e. The largest absolute Gasteiger partial charge is 0.504 e. The molecule has 4 heterocycles. The lowest BCUT2D eigenvalue weighted by Gasteiger charge is -2.36. The van der Waals surface area contributed by atoms with Crippen LogP contribution in [0.3, 0.4) is 0 Å². The number of nitrogens with one attached hydrogen (secondary N) is 1. The number of benzene rings is 1. The van der Waals surface area contributed by atoms with Crippen LogP contribution in [0.2, 0.25) is 5.02 Å². The molecule has 1 saturated heterocycles. The molecule has 282 valence electrons. The molecule has 20 heteroatoms. The molecule has 1 aliphatic carbocycles. The molecule has 1 fully saturated rings. The number of sulfone groups is 1. The van der Waals surface area contributed by atoms with Crippen molar-refractivity contribution in [3.05, 3.63) is 74.4 Å². The number of amides is 2. The van der Waals surface area contributed by atoms with E-state index < -0.39 is 50.7 Å². The number of nitrogens with zero attached hydrogens (tertiary/aromatic N) is 8. The standard InChI is InChI=1S/C33H35ClF3N9O6S/c1-4-24-27(43-11-13-44(14-12-43)30(49)26-28(48)18(2)38-17-39-26)31(50)46-32(41-29(42-46)19-5-8-21(9-6-19)53(3,51)52)45(24)16-25(47)40-23-10-7-20(15-22(23)34)33(35,36)37/h5,7,10,15,17,21,48H,4,6,8-9,11-14,16H2,1-3H3,(H,40,47). The molecule has 0 saturated carbocycles. The SMILES string of the molecule is CCc1c(N2CCN(C(=O)c3ncnc(C)c3O)CC2)c(=O)n2nc(C3=CCC(S(C)(=O)=O)CC3)nc2n1CC(=O)Nc1ccc(C(F)(F)F)cc1Cl. The first-order valence-electron chi connectivity index (χ1n) is 16.6. The predicted molar refractivity (Wildman–Crippen MR) is 189 cm³/mol. The number of hydrogen-bond acceptors (Lipinski definition) is 11. The average molecular weight is 778 g/mol. The van der Waals surface area contributed by atoms with Gasteiger partial charge in [0.1, 0.15) is 18.6 Å². The van der Waals surface area contributed by atoms with Crippen LogP contribution in [-0.4, -0.2) is 97.1 Å². The summed E-state index contributed by atoms with van der Waals surface area (Å²) in [4.78, 5) is 56.8. The van der Waals surface area contributed by atoms with Crippen LogP contribution in [0.15, 0.2) is 35.4 Å². The van der Waals surface area contributed by atoms with Gasteiger partial charge in [-0.3, -0.25) is 14.4 Å². The predicted octanol–water partition coefficient (Wildman–Crippen LogP) is 3.51. The van der Waals surface area contributed by atoms with Gasteiger partial charge in [0.15, 0.2) is 27.1 Å². The number of fused-ring (bicyclic) bond motifs is 1. The molecule has 4 aromatic rings. The molecule has 2 N–H and O–H groups in total. The number of piperazine rings is 1. The minimum Gasteiger partial charge on any atom is -0.504 e.